The van der Waals surface area contributed by atoms with Gasteiger partial charge in [-0.05, 0) is 67.9 Å². The Bertz CT molecular complexity index is 1100. The van der Waals surface area contributed by atoms with Gasteiger partial charge in [0.05, 0.1) is 32.0 Å². The Morgan fingerprint density at radius 2 is 1.69 bits per heavy atom. The summed E-state index contributed by atoms with van der Waals surface area (Å²) in [7, 11) is 3.14. The fraction of sp³-hybridized carbons (Fsp3) is 0.379. The molecular weight excluding hydrogens is 454 g/mol. The SMILES string of the molecule is COc1ccc(C(=O)N(Cc2ccc(OCCN3CCCCC3)cc2)Cc2ccccn2)c(OC)c1. The first kappa shape index (κ1) is 25.5. The fourth-order valence-corrected chi connectivity index (χ4v) is 4.42. The Balaban J connectivity index is 1.45. The van der Waals surface area contributed by atoms with Gasteiger partial charge in [-0.1, -0.05) is 24.6 Å². The lowest BCUT2D eigenvalue weighted by molar-refractivity contribution is 0.0724. The number of carbonyl (C=O) groups is 1. The number of pyridine rings is 1. The number of rotatable bonds is 11. The van der Waals surface area contributed by atoms with Gasteiger partial charge in [-0.15, -0.1) is 0 Å². The number of benzene rings is 2. The number of ether oxygens (including phenoxy) is 3. The van der Waals surface area contributed by atoms with Crippen LogP contribution in [0.15, 0.2) is 66.9 Å². The van der Waals surface area contributed by atoms with Gasteiger partial charge in [0.15, 0.2) is 0 Å². The van der Waals surface area contributed by atoms with E-state index in [0.717, 1.165) is 23.6 Å². The maximum absolute atomic E-state index is 13.6. The van der Waals surface area contributed by atoms with Gasteiger partial charge in [0.25, 0.3) is 5.91 Å². The highest BCUT2D eigenvalue weighted by Gasteiger charge is 2.21. The Morgan fingerprint density at radius 3 is 2.39 bits per heavy atom. The van der Waals surface area contributed by atoms with Crippen LogP contribution in [0.25, 0.3) is 0 Å². The highest BCUT2D eigenvalue weighted by atomic mass is 16.5. The molecule has 0 saturated carbocycles. The monoisotopic (exact) mass is 489 g/mol. The molecule has 7 nitrogen and oxygen atoms in total. The molecule has 0 spiro atoms. The van der Waals surface area contributed by atoms with Crippen LogP contribution in [0.2, 0.25) is 0 Å². The second kappa shape index (κ2) is 12.9. The number of likely N-dealkylation sites (tertiary alicyclic amines) is 1. The molecule has 36 heavy (non-hydrogen) atoms. The lowest BCUT2D eigenvalue weighted by Crippen LogP contribution is -2.33. The third-order valence-electron chi connectivity index (χ3n) is 6.43. The molecule has 2 aromatic carbocycles. The molecule has 2 heterocycles. The first-order chi connectivity index (χ1) is 17.7. The van der Waals surface area contributed by atoms with Gasteiger partial charge >= 0.3 is 0 Å². The van der Waals surface area contributed by atoms with Crippen LogP contribution in [-0.4, -0.2) is 61.2 Å². The minimum Gasteiger partial charge on any atom is -0.497 e. The predicted octanol–water partition coefficient (Wildman–Crippen LogP) is 4.81. The van der Waals surface area contributed by atoms with Crippen molar-refractivity contribution in [1.29, 1.82) is 0 Å². The van der Waals surface area contributed by atoms with Gasteiger partial charge in [-0.25, -0.2) is 0 Å². The topological polar surface area (TPSA) is 64.1 Å². The minimum atomic E-state index is -0.137. The smallest absolute Gasteiger partial charge is 0.258 e. The number of aromatic nitrogens is 1. The van der Waals surface area contributed by atoms with E-state index < -0.39 is 0 Å². The molecule has 190 valence electrons. The normalized spacial score (nSPS) is 13.7. The molecule has 1 saturated heterocycles. The summed E-state index contributed by atoms with van der Waals surface area (Å²) in [5, 5.41) is 0. The molecule has 4 rings (SSSR count). The second-order valence-electron chi connectivity index (χ2n) is 8.94. The zero-order chi connectivity index (χ0) is 25.2. The lowest BCUT2D eigenvalue weighted by Gasteiger charge is -2.26. The summed E-state index contributed by atoms with van der Waals surface area (Å²) in [5.74, 6) is 1.82. The van der Waals surface area contributed by atoms with E-state index in [1.54, 1.807) is 43.5 Å². The van der Waals surface area contributed by atoms with Crippen molar-refractivity contribution < 1.29 is 19.0 Å². The molecule has 7 heteroatoms. The fourth-order valence-electron chi connectivity index (χ4n) is 4.42. The molecule has 3 aromatic rings. The second-order valence-corrected chi connectivity index (χ2v) is 8.94. The average molecular weight is 490 g/mol. The number of hydrogen-bond donors (Lipinski definition) is 0. The van der Waals surface area contributed by atoms with Gasteiger partial charge in [-0.3, -0.25) is 14.7 Å². The molecule has 0 atom stereocenters. The maximum Gasteiger partial charge on any atom is 0.258 e. The van der Waals surface area contributed by atoms with E-state index in [4.69, 9.17) is 14.2 Å². The Kier molecular flexibility index (Phi) is 9.16. The number of methoxy groups -OCH3 is 2. The first-order valence-electron chi connectivity index (χ1n) is 12.5. The van der Waals surface area contributed by atoms with Crippen LogP contribution < -0.4 is 14.2 Å². The minimum absolute atomic E-state index is 0.137. The first-order valence-corrected chi connectivity index (χ1v) is 12.5. The van der Waals surface area contributed by atoms with Crippen LogP contribution in [0.4, 0.5) is 0 Å². The van der Waals surface area contributed by atoms with Crippen molar-refractivity contribution in [3.8, 4) is 17.2 Å². The molecule has 0 bridgehead atoms. The van der Waals surface area contributed by atoms with Crippen molar-refractivity contribution >= 4 is 5.91 Å². The quantitative estimate of drug-likeness (QED) is 0.385. The molecule has 0 radical (unpaired) electrons. The lowest BCUT2D eigenvalue weighted by atomic mass is 10.1. The largest absolute Gasteiger partial charge is 0.497 e. The summed E-state index contributed by atoms with van der Waals surface area (Å²) >= 11 is 0. The van der Waals surface area contributed by atoms with Crippen LogP contribution in [0.5, 0.6) is 17.2 Å². The molecule has 1 fully saturated rings. The molecule has 1 aliphatic rings. The maximum atomic E-state index is 13.6. The van der Waals surface area contributed by atoms with Crippen molar-refractivity contribution in [2.24, 2.45) is 0 Å². The number of carbonyl (C=O) groups excluding carboxylic acids is 1. The highest BCUT2D eigenvalue weighted by molar-refractivity contribution is 5.97. The van der Waals surface area contributed by atoms with Gasteiger partial charge in [0, 0.05) is 25.4 Å². The van der Waals surface area contributed by atoms with Crippen molar-refractivity contribution in [2.75, 3.05) is 40.5 Å². The van der Waals surface area contributed by atoms with Crippen LogP contribution >= 0.6 is 0 Å². The highest BCUT2D eigenvalue weighted by Crippen LogP contribution is 2.27. The van der Waals surface area contributed by atoms with Crippen molar-refractivity contribution in [1.82, 2.24) is 14.8 Å². The van der Waals surface area contributed by atoms with Crippen molar-refractivity contribution in [3.05, 3.63) is 83.7 Å². The Labute approximate surface area is 213 Å². The van der Waals surface area contributed by atoms with Crippen LogP contribution in [0.3, 0.4) is 0 Å². The summed E-state index contributed by atoms with van der Waals surface area (Å²) in [4.78, 5) is 22.3. The average Bonchev–Trinajstić information content (AvgIpc) is 2.94. The molecule has 1 aliphatic heterocycles. The van der Waals surface area contributed by atoms with E-state index in [2.05, 4.69) is 9.88 Å². The molecule has 1 aromatic heterocycles. The van der Waals surface area contributed by atoms with Crippen molar-refractivity contribution in [3.63, 3.8) is 0 Å². The summed E-state index contributed by atoms with van der Waals surface area (Å²) in [6, 6.07) is 18.9. The molecular formula is C29H35N3O4. The van der Waals surface area contributed by atoms with Crippen LogP contribution in [0.1, 0.15) is 40.9 Å². The summed E-state index contributed by atoms with van der Waals surface area (Å²) in [5.41, 5.74) is 2.30. The molecule has 0 unspecified atom stereocenters. The third kappa shape index (κ3) is 6.98. The zero-order valence-corrected chi connectivity index (χ0v) is 21.2. The molecule has 0 N–H and O–H groups in total. The van der Waals surface area contributed by atoms with E-state index in [0.29, 0.717) is 36.8 Å². The van der Waals surface area contributed by atoms with Crippen LogP contribution in [0, 0.1) is 0 Å². The summed E-state index contributed by atoms with van der Waals surface area (Å²) in [6.45, 7) is 4.78. The number of nitrogens with zero attached hydrogens (tertiary/aromatic N) is 3. The van der Waals surface area contributed by atoms with Crippen molar-refractivity contribution in [2.45, 2.75) is 32.4 Å². The predicted molar refractivity (Wildman–Crippen MR) is 140 cm³/mol. The zero-order valence-electron chi connectivity index (χ0n) is 21.2. The van der Waals surface area contributed by atoms with E-state index in [1.165, 1.54) is 32.4 Å². The van der Waals surface area contributed by atoms with E-state index >= 15 is 0 Å². The Hall–Kier alpha value is -3.58. The van der Waals surface area contributed by atoms with Crippen LogP contribution in [-0.2, 0) is 13.1 Å². The number of amides is 1. The molecule has 0 aliphatic carbocycles. The standard InChI is InChI=1S/C29H35N3O4/c1-34-26-13-14-27(28(20-26)35-2)29(33)32(22-24-8-4-5-15-30-24)21-23-9-11-25(12-10-23)36-19-18-31-16-6-3-7-17-31/h4-5,8-15,20H,3,6-7,16-19,21-22H2,1-2H3. The van der Waals surface area contributed by atoms with Gasteiger partial charge in [0.2, 0.25) is 0 Å². The number of piperidine rings is 1. The summed E-state index contributed by atoms with van der Waals surface area (Å²) < 4.78 is 16.8. The third-order valence-corrected chi connectivity index (χ3v) is 6.43. The number of hydrogen-bond acceptors (Lipinski definition) is 6. The van der Waals surface area contributed by atoms with E-state index in [1.807, 2.05) is 42.5 Å². The van der Waals surface area contributed by atoms with E-state index in [9.17, 15) is 4.79 Å². The Morgan fingerprint density at radius 1 is 0.917 bits per heavy atom. The summed E-state index contributed by atoms with van der Waals surface area (Å²) in [6.07, 6.45) is 5.64. The van der Waals surface area contributed by atoms with E-state index in [-0.39, 0.29) is 5.91 Å². The van der Waals surface area contributed by atoms with Gasteiger partial charge in [0.1, 0.15) is 23.9 Å². The molecule has 1 amide bonds. The van der Waals surface area contributed by atoms with Gasteiger partial charge < -0.3 is 19.1 Å². The van der Waals surface area contributed by atoms with Gasteiger partial charge in [-0.2, -0.15) is 0 Å².